The van der Waals surface area contributed by atoms with Crippen LogP contribution in [0.2, 0.25) is 0 Å². The molecule has 2 rings (SSSR count). The summed E-state index contributed by atoms with van der Waals surface area (Å²) in [5.41, 5.74) is 1.42. The van der Waals surface area contributed by atoms with E-state index in [2.05, 4.69) is 21.2 Å². The van der Waals surface area contributed by atoms with Crippen LogP contribution in [0.3, 0.4) is 0 Å². The van der Waals surface area contributed by atoms with Gasteiger partial charge in [0.2, 0.25) is 21.8 Å². The molecule has 0 aliphatic rings. The second kappa shape index (κ2) is 12.7. The van der Waals surface area contributed by atoms with Crippen LogP contribution < -0.4 is 9.62 Å². The van der Waals surface area contributed by atoms with Crippen LogP contribution in [0, 0.1) is 0 Å². The van der Waals surface area contributed by atoms with E-state index in [-0.39, 0.29) is 12.5 Å². The highest BCUT2D eigenvalue weighted by Gasteiger charge is 2.29. The highest BCUT2D eigenvalue weighted by atomic mass is 79.9. The number of benzene rings is 2. The fourth-order valence-electron chi connectivity index (χ4n) is 3.33. The second-order valence-electron chi connectivity index (χ2n) is 7.89. The van der Waals surface area contributed by atoms with Crippen LogP contribution in [0.5, 0.6) is 0 Å². The van der Waals surface area contributed by atoms with Gasteiger partial charge in [-0.25, -0.2) is 8.42 Å². The summed E-state index contributed by atoms with van der Waals surface area (Å²) in [6.45, 7) is 4.15. The van der Waals surface area contributed by atoms with Crippen LogP contribution in [0.1, 0.15) is 32.3 Å². The molecule has 7 nitrogen and oxygen atoms in total. The van der Waals surface area contributed by atoms with E-state index in [1.54, 1.807) is 31.2 Å². The number of carbonyl (C=O) groups is 2. The summed E-state index contributed by atoms with van der Waals surface area (Å²) >= 11 is 3.33. The van der Waals surface area contributed by atoms with Gasteiger partial charge in [0.1, 0.15) is 12.6 Å². The van der Waals surface area contributed by atoms with Gasteiger partial charge in [-0.15, -0.1) is 0 Å². The van der Waals surface area contributed by atoms with E-state index in [0.29, 0.717) is 25.2 Å². The monoisotopic (exact) mass is 537 g/mol. The van der Waals surface area contributed by atoms with E-state index < -0.39 is 22.0 Å². The van der Waals surface area contributed by atoms with E-state index in [0.717, 1.165) is 33.4 Å². The molecule has 0 fully saturated rings. The van der Waals surface area contributed by atoms with Gasteiger partial charge in [0.15, 0.2) is 0 Å². The first-order valence-corrected chi connectivity index (χ1v) is 13.6. The smallest absolute Gasteiger partial charge is 0.244 e. The van der Waals surface area contributed by atoms with E-state index >= 15 is 0 Å². The number of nitrogens with one attached hydrogen (secondary N) is 1. The fraction of sp³-hybridized carbons (Fsp3) is 0.417. The summed E-state index contributed by atoms with van der Waals surface area (Å²) < 4.78 is 26.9. The average Bonchev–Trinajstić information content (AvgIpc) is 2.78. The van der Waals surface area contributed by atoms with E-state index in [1.807, 2.05) is 37.3 Å². The lowest BCUT2D eigenvalue weighted by atomic mass is 10.1. The van der Waals surface area contributed by atoms with Gasteiger partial charge in [0, 0.05) is 17.6 Å². The van der Waals surface area contributed by atoms with Crippen molar-refractivity contribution in [2.24, 2.45) is 0 Å². The molecule has 2 aromatic rings. The summed E-state index contributed by atoms with van der Waals surface area (Å²) in [5.74, 6) is -0.683. The number of hydrogen-bond donors (Lipinski definition) is 1. The Bertz CT molecular complexity index is 1010. The normalized spacial score (nSPS) is 12.1. The van der Waals surface area contributed by atoms with E-state index in [1.165, 1.54) is 4.90 Å². The molecule has 0 aliphatic carbocycles. The van der Waals surface area contributed by atoms with Crippen molar-refractivity contribution < 1.29 is 18.0 Å². The molecule has 0 aliphatic heterocycles. The Kier molecular flexibility index (Phi) is 10.4. The van der Waals surface area contributed by atoms with Gasteiger partial charge < -0.3 is 10.2 Å². The molecule has 180 valence electrons. The van der Waals surface area contributed by atoms with Gasteiger partial charge in [-0.1, -0.05) is 59.6 Å². The average molecular weight is 539 g/mol. The largest absolute Gasteiger partial charge is 0.354 e. The maximum Gasteiger partial charge on any atom is 0.244 e. The van der Waals surface area contributed by atoms with Crippen LogP contribution in [-0.4, -0.2) is 57.1 Å². The minimum absolute atomic E-state index is 0.251. The summed E-state index contributed by atoms with van der Waals surface area (Å²) in [4.78, 5) is 27.6. The van der Waals surface area contributed by atoms with Crippen molar-refractivity contribution in [1.29, 1.82) is 0 Å². The first kappa shape index (κ1) is 26.9. The van der Waals surface area contributed by atoms with Crippen molar-refractivity contribution in [3.63, 3.8) is 0 Å². The first-order chi connectivity index (χ1) is 15.6. The molecular weight excluding hydrogens is 506 g/mol. The molecule has 0 bridgehead atoms. The van der Waals surface area contributed by atoms with Crippen LogP contribution in [0.4, 0.5) is 5.69 Å². The SMILES string of the molecule is CCCCNC(=O)C(C)N(CCc1ccccc1)C(=O)CN(c1ccc(Br)cc1)S(C)(=O)=O. The van der Waals surface area contributed by atoms with Crippen LogP contribution >= 0.6 is 15.9 Å². The predicted molar refractivity (Wildman–Crippen MR) is 136 cm³/mol. The highest BCUT2D eigenvalue weighted by molar-refractivity contribution is 9.10. The third-order valence-electron chi connectivity index (χ3n) is 5.27. The van der Waals surface area contributed by atoms with Crippen molar-refractivity contribution in [1.82, 2.24) is 10.2 Å². The maximum atomic E-state index is 13.4. The molecule has 0 spiro atoms. The lowest BCUT2D eigenvalue weighted by Gasteiger charge is -2.31. The van der Waals surface area contributed by atoms with Crippen molar-refractivity contribution in [2.75, 3.05) is 30.2 Å². The zero-order valence-corrected chi connectivity index (χ0v) is 21.7. The Balaban J connectivity index is 2.25. The number of rotatable bonds is 12. The lowest BCUT2D eigenvalue weighted by Crippen LogP contribution is -2.52. The number of hydrogen-bond acceptors (Lipinski definition) is 4. The third-order valence-corrected chi connectivity index (χ3v) is 6.94. The highest BCUT2D eigenvalue weighted by Crippen LogP contribution is 2.21. The number of sulfonamides is 1. The number of anilines is 1. The van der Waals surface area contributed by atoms with Gasteiger partial charge in [0.25, 0.3) is 0 Å². The Labute approximate surface area is 205 Å². The molecule has 33 heavy (non-hydrogen) atoms. The predicted octanol–water partition coefficient (Wildman–Crippen LogP) is 3.59. The van der Waals surface area contributed by atoms with Crippen molar-refractivity contribution in [3.05, 3.63) is 64.6 Å². The lowest BCUT2D eigenvalue weighted by molar-refractivity contribution is -0.138. The zero-order chi connectivity index (χ0) is 24.4. The Morgan fingerprint density at radius 3 is 2.27 bits per heavy atom. The molecule has 0 saturated heterocycles. The molecule has 0 aromatic heterocycles. The van der Waals surface area contributed by atoms with Crippen LogP contribution in [0.15, 0.2) is 59.1 Å². The molecular formula is C24H32BrN3O4S. The molecule has 1 atom stereocenters. The summed E-state index contributed by atoms with van der Waals surface area (Å²) in [5, 5.41) is 2.87. The summed E-state index contributed by atoms with van der Waals surface area (Å²) in [6, 6.07) is 15.6. The number of nitrogens with zero attached hydrogens (tertiary/aromatic N) is 2. The minimum Gasteiger partial charge on any atom is -0.354 e. The van der Waals surface area contributed by atoms with Gasteiger partial charge in [-0.3, -0.25) is 13.9 Å². The molecule has 0 radical (unpaired) electrons. The molecule has 2 aromatic carbocycles. The summed E-state index contributed by atoms with van der Waals surface area (Å²) in [7, 11) is -3.72. The zero-order valence-electron chi connectivity index (χ0n) is 19.3. The molecule has 1 N–H and O–H groups in total. The molecule has 1 unspecified atom stereocenters. The van der Waals surface area contributed by atoms with Crippen molar-refractivity contribution in [3.8, 4) is 0 Å². The molecule has 9 heteroatoms. The number of halogens is 1. The molecule has 2 amide bonds. The van der Waals surface area contributed by atoms with Gasteiger partial charge in [0.05, 0.1) is 11.9 Å². The van der Waals surface area contributed by atoms with E-state index in [4.69, 9.17) is 0 Å². The van der Waals surface area contributed by atoms with Crippen molar-refractivity contribution >= 4 is 43.5 Å². The second-order valence-corrected chi connectivity index (χ2v) is 10.7. The molecule has 0 heterocycles. The van der Waals surface area contributed by atoms with Gasteiger partial charge in [-0.05, 0) is 49.6 Å². The topological polar surface area (TPSA) is 86.8 Å². The van der Waals surface area contributed by atoms with Gasteiger partial charge >= 0.3 is 0 Å². The summed E-state index contributed by atoms with van der Waals surface area (Å²) in [6.07, 6.45) is 3.41. The fourth-order valence-corrected chi connectivity index (χ4v) is 4.44. The van der Waals surface area contributed by atoms with Crippen molar-refractivity contribution in [2.45, 2.75) is 39.2 Å². The van der Waals surface area contributed by atoms with Crippen LogP contribution in [-0.2, 0) is 26.0 Å². The number of amides is 2. The molecule has 0 saturated carbocycles. The first-order valence-electron chi connectivity index (χ1n) is 11.0. The Morgan fingerprint density at radius 2 is 1.70 bits per heavy atom. The minimum atomic E-state index is -3.72. The van der Waals surface area contributed by atoms with E-state index in [9.17, 15) is 18.0 Å². The third kappa shape index (κ3) is 8.47. The maximum absolute atomic E-state index is 13.4. The van der Waals surface area contributed by atoms with Crippen LogP contribution in [0.25, 0.3) is 0 Å². The number of unbranched alkanes of at least 4 members (excludes halogenated alkanes) is 1. The Hall–Kier alpha value is -2.39. The van der Waals surface area contributed by atoms with Gasteiger partial charge in [-0.2, -0.15) is 0 Å². The Morgan fingerprint density at radius 1 is 1.06 bits per heavy atom. The number of carbonyl (C=O) groups excluding carboxylic acids is 2. The standard InChI is InChI=1S/C24H32BrN3O4S/c1-4-5-16-26-24(30)19(2)27(17-15-20-9-7-6-8-10-20)23(29)18-28(33(3,31)32)22-13-11-21(25)12-14-22/h6-14,19H,4-5,15-18H2,1-3H3,(H,26,30). The quantitative estimate of drug-likeness (QED) is 0.419.